The fraction of sp³-hybridized carbons (Fsp3) is 0.176. The molecule has 0 amide bonds. The SMILES string of the molecule is COc1cc2nc(S(=O)(=O)c3ccc(C)cc3)nc(N=[N+]=[N-])c2cc1OC. The van der Waals surface area contributed by atoms with E-state index in [0.717, 1.165) is 5.56 Å². The first-order chi connectivity index (χ1) is 12.9. The van der Waals surface area contributed by atoms with Crippen molar-refractivity contribution >= 4 is 26.6 Å². The van der Waals surface area contributed by atoms with Crippen molar-refractivity contribution in [3.05, 3.63) is 52.4 Å². The summed E-state index contributed by atoms with van der Waals surface area (Å²) in [6, 6.07) is 9.33. The molecule has 1 aromatic heterocycles. The van der Waals surface area contributed by atoms with Crippen molar-refractivity contribution in [2.45, 2.75) is 17.0 Å². The summed E-state index contributed by atoms with van der Waals surface area (Å²) < 4.78 is 36.3. The second-order valence-corrected chi connectivity index (χ2v) is 7.40. The predicted octanol–water partition coefficient (Wildman–Crippen LogP) is 3.73. The quantitative estimate of drug-likeness (QED) is 0.285. The van der Waals surface area contributed by atoms with Gasteiger partial charge in [0.25, 0.3) is 5.16 Å². The van der Waals surface area contributed by atoms with E-state index in [-0.39, 0.29) is 16.2 Å². The topological polar surface area (TPSA) is 127 Å². The molecule has 0 N–H and O–H groups in total. The Morgan fingerprint density at radius 2 is 1.67 bits per heavy atom. The van der Waals surface area contributed by atoms with Gasteiger partial charge in [-0.05, 0) is 35.8 Å². The molecule has 27 heavy (non-hydrogen) atoms. The lowest BCUT2D eigenvalue weighted by Crippen LogP contribution is -2.08. The van der Waals surface area contributed by atoms with Crippen molar-refractivity contribution in [1.29, 1.82) is 0 Å². The summed E-state index contributed by atoms with van der Waals surface area (Å²) in [4.78, 5) is 10.9. The average molecular weight is 385 g/mol. The lowest BCUT2D eigenvalue weighted by Gasteiger charge is -2.11. The van der Waals surface area contributed by atoms with Gasteiger partial charge in [-0.2, -0.15) is 0 Å². The number of aromatic nitrogens is 2. The van der Waals surface area contributed by atoms with Gasteiger partial charge in [0.15, 0.2) is 11.5 Å². The molecule has 0 saturated carbocycles. The Balaban J connectivity index is 2.31. The third kappa shape index (κ3) is 3.35. The van der Waals surface area contributed by atoms with Crippen molar-refractivity contribution in [2.24, 2.45) is 5.11 Å². The summed E-state index contributed by atoms with van der Waals surface area (Å²) in [6.45, 7) is 1.85. The van der Waals surface area contributed by atoms with Crippen LogP contribution < -0.4 is 9.47 Å². The lowest BCUT2D eigenvalue weighted by atomic mass is 10.2. The number of nitrogens with zero attached hydrogens (tertiary/aromatic N) is 5. The highest BCUT2D eigenvalue weighted by molar-refractivity contribution is 7.91. The van der Waals surface area contributed by atoms with Gasteiger partial charge in [0.2, 0.25) is 9.84 Å². The molecule has 0 radical (unpaired) electrons. The third-order valence-electron chi connectivity index (χ3n) is 3.87. The smallest absolute Gasteiger partial charge is 0.253 e. The predicted molar refractivity (Wildman–Crippen MR) is 98.1 cm³/mol. The van der Waals surface area contributed by atoms with Crippen LogP contribution in [-0.2, 0) is 9.84 Å². The highest BCUT2D eigenvalue weighted by Crippen LogP contribution is 2.36. The molecule has 2 aromatic carbocycles. The van der Waals surface area contributed by atoms with Crippen molar-refractivity contribution in [3.63, 3.8) is 0 Å². The minimum atomic E-state index is -4.00. The van der Waals surface area contributed by atoms with E-state index in [1.165, 1.54) is 38.5 Å². The Morgan fingerprint density at radius 1 is 1.04 bits per heavy atom. The highest BCUT2D eigenvalue weighted by atomic mass is 32.2. The molecule has 0 atom stereocenters. The van der Waals surface area contributed by atoms with E-state index in [2.05, 4.69) is 20.0 Å². The summed E-state index contributed by atoms with van der Waals surface area (Å²) in [7, 11) is -1.10. The van der Waals surface area contributed by atoms with Crippen molar-refractivity contribution in [1.82, 2.24) is 9.97 Å². The van der Waals surface area contributed by atoms with Gasteiger partial charge in [-0.25, -0.2) is 18.4 Å². The number of hydrogen-bond acceptors (Lipinski definition) is 7. The van der Waals surface area contributed by atoms with Crippen molar-refractivity contribution in [2.75, 3.05) is 14.2 Å². The van der Waals surface area contributed by atoms with Gasteiger partial charge in [-0.15, -0.1) is 0 Å². The van der Waals surface area contributed by atoms with E-state index in [4.69, 9.17) is 15.0 Å². The van der Waals surface area contributed by atoms with Crippen LogP contribution >= 0.6 is 0 Å². The van der Waals surface area contributed by atoms with Gasteiger partial charge in [0.1, 0.15) is 5.82 Å². The van der Waals surface area contributed by atoms with E-state index in [0.29, 0.717) is 16.9 Å². The number of ether oxygens (including phenoxy) is 2. The van der Waals surface area contributed by atoms with Crippen LogP contribution in [0.4, 0.5) is 5.82 Å². The molecule has 10 heteroatoms. The normalized spacial score (nSPS) is 11.1. The zero-order valence-electron chi connectivity index (χ0n) is 14.7. The lowest BCUT2D eigenvalue weighted by molar-refractivity contribution is 0.355. The summed E-state index contributed by atoms with van der Waals surface area (Å²) in [5, 5.41) is 3.39. The number of aryl methyl sites for hydroxylation is 1. The molecule has 3 aromatic rings. The van der Waals surface area contributed by atoms with Gasteiger partial charge in [-0.1, -0.05) is 17.7 Å². The number of fused-ring (bicyclic) bond motifs is 1. The molecule has 0 bridgehead atoms. The zero-order chi connectivity index (χ0) is 19.6. The minimum Gasteiger partial charge on any atom is -0.493 e. The zero-order valence-corrected chi connectivity index (χ0v) is 15.6. The standard InChI is InChI=1S/C17H15N5O4S/c1-10-4-6-11(7-5-10)27(23,24)17-19-13-9-15(26-3)14(25-2)8-12(13)16(20-17)21-22-18/h4-9H,1-3H3. The molecule has 3 rings (SSSR count). The number of rotatable bonds is 5. The van der Waals surface area contributed by atoms with Crippen LogP contribution in [0.2, 0.25) is 0 Å². The summed E-state index contributed by atoms with van der Waals surface area (Å²) >= 11 is 0. The van der Waals surface area contributed by atoms with Gasteiger partial charge in [0, 0.05) is 16.4 Å². The number of sulfone groups is 1. The van der Waals surface area contributed by atoms with Crippen LogP contribution in [0, 0.1) is 6.92 Å². The summed E-state index contributed by atoms with van der Waals surface area (Å²) in [5.74, 6) is 0.612. The molecule has 0 aliphatic carbocycles. The van der Waals surface area contributed by atoms with Crippen molar-refractivity contribution < 1.29 is 17.9 Å². The van der Waals surface area contributed by atoms with E-state index in [1.54, 1.807) is 12.1 Å². The third-order valence-corrected chi connectivity index (χ3v) is 5.43. The average Bonchev–Trinajstić information content (AvgIpc) is 2.67. The monoisotopic (exact) mass is 385 g/mol. The Kier molecular flexibility index (Phi) is 4.85. The molecular formula is C17H15N5O4S. The van der Waals surface area contributed by atoms with Gasteiger partial charge < -0.3 is 9.47 Å². The Bertz CT molecular complexity index is 1170. The molecule has 0 aliphatic rings. The molecule has 138 valence electrons. The maximum Gasteiger partial charge on any atom is 0.253 e. The van der Waals surface area contributed by atoms with Crippen LogP contribution in [-0.4, -0.2) is 32.6 Å². The molecule has 1 heterocycles. The number of benzene rings is 2. The fourth-order valence-corrected chi connectivity index (χ4v) is 3.61. The van der Waals surface area contributed by atoms with Crippen LogP contribution in [0.25, 0.3) is 21.3 Å². The fourth-order valence-electron chi connectivity index (χ4n) is 2.48. The second-order valence-electron chi connectivity index (χ2n) is 5.56. The number of hydrogen-bond donors (Lipinski definition) is 0. The summed E-state index contributed by atoms with van der Waals surface area (Å²) in [5.41, 5.74) is 10.0. The van der Waals surface area contributed by atoms with Gasteiger partial charge in [0.05, 0.1) is 24.6 Å². The second kappa shape index (κ2) is 7.10. The van der Waals surface area contributed by atoms with E-state index < -0.39 is 15.0 Å². The molecule has 0 spiro atoms. The largest absolute Gasteiger partial charge is 0.493 e. The molecule has 0 aliphatic heterocycles. The Hall–Kier alpha value is -3.36. The first-order valence-electron chi connectivity index (χ1n) is 7.71. The highest BCUT2D eigenvalue weighted by Gasteiger charge is 2.23. The molecule has 0 saturated heterocycles. The van der Waals surface area contributed by atoms with Crippen LogP contribution in [0.3, 0.4) is 0 Å². The van der Waals surface area contributed by atoms with Crippen LogP contribution in [0.15, 0.2) is 51.6 Å². The Morgan fingerprint density at radius 3 is 2.26 bits per heavy atom. The Labute approximate surface area is 155 Å². The first-order valence-corrected chi connectivity index (χ1v) is 9.19. The van der Waals surface area contributed by atoms with E-state index in [9.17, 15) is 8.42 Å². The number of methoxy groups -OCH3 is 2. The van der Waals surface area contributed by atoms with Gasteiger partial charge >= 0.3 is 0 Å². The first kappa shape index (κ1) is 18.4. The molecular weight excluding hydrogens is 370 g/mol. The van der Waals surface area contributed by atoms with Gasteiger partial charge in [-0.3, -0.25) is 0 Å². The van der Waals surface area contributed by atoms with E-state index in [1.807, 2.05) is 6.92 Å². The maximum atomic E-state index is 12.9. The molecule has 0 unspecified atom stereocenters. The number of azide groups is 1. The molecule has 9 nitrogen and oxygen atoms in total. The summed E-state index contributed by atoms with van der Waals surface area (Å²) in [6.07, 6.45) is 0. The minimum absolute atomic E-state index is 0.0415. The van der Waals surface area contributed by atoms with Crippen LogP contribution in [0.5, 0.6) is 11.5 Å². The van der Waals surface area contributed by atoms with E-state index >= 15 is 0 Å². The van der Waals surface area contributed by atoms with Crippen molar-refractivity contribution in [3.8, 4) is 11.5 Å². The molecule has 0 fully saturated rings. The maximum absolute atomic E-state index is 12.9. The van der Waals surface area contributed by atoms with Crippen LogP contribution in [0.1, 0.15) is 5.56 Å².